The van der Waals surface area contributed by atoms with Crippen LogP contribution in [0.1, 0.15) is 22.3 Å². The summed E-state index contributed by atoms with van der Waals surface area (Å²) in [5, 5.41) is 1.49. The smallest absolute Gasteiger partial charge is 0.0243 e. The van der Waals surface area contributed by atoms with Gasteiger partial charge < -0.3 is 0 Å². The highest BCUT2D eigenvalue weighted by Gasteiger charge is 2.17. The van der Waals surface area contributed by atoms with Gasteiger partial charge in [-0.2, -0.15) is 0 Å². The average Bonchev–Trinajstić information content (AvgIpc) is 2.76. The first-order chi connectivity index (χ1) is 8.34. The molecule has 17 heavy (non-hydrogen) atoms. The molecule has 84 valence electrons. The lowest BCUT2D eigenvalue weighted by Crippen LogP contribution is -2.01. The van der Waals surface area contributed by atoms with E-state index in [9.17, 15) is 0 Å². The Hall–Kier alpha value is -1.39. The van der Waals surface area contributed by atoms with E-state index in [0.29, 0.717) is 5.66 Å². The predicted molar refractivity (Wildman–Crippen MR) is 77.3 cm³/mol. The molecule has 1 heteroatoms. The van der Waals surface area contributed by atoms with Crippen LogP contribution in [0.15, 0.2) is 54.6 Å². The Balaban J connectivity index is 1.90. The number of hydrogen-bond donors (Lipinski definition) is 0. The Kier molecular flexibility index (Phi) is 2.82. The van der Waals surface area contributed by atoms with Gasteiger partial charge in [-0.25, -0.2) is 0 Å². The standard InChI is InChI=1S/C16H15P/c1-12-6-2-5-9-15(12)17-16-11-10-13-7-3-4-8-14(13)16/h2-11,16-17H,1H3. The molecule has 0 aliphatic heterocycles. The van der Waals surface area contributed by atoms with E-state index in [-0.39, 0.29) is 0 Å². The second-order valence-corrected chi connectivity index (χ2v) is 5.87. The lowest BCUT2D eigenvalue weighted by Gasteiger charge is -2.13. The molecule has 0 nitrogen and oxygen atoms in total. The van der Waals surface area contributed by atoms with Crippen LogP contribution in [0.4, 0.5) is 0 Å². The third-order valence-corrected chi connectivity index (χ3v) is 4.94. The van der Waals surface area contributed by atoms with Crippen LogP contribution >= 0.6 is 8.58 Å². The Bertz CT molecular complexity index is 569. The molecule has 0 bridgehead atoms. The van der Waals surface area contributed by atoms with Gasteiger partial charge in [0.15, 0.2) is 0 Å². The third kappa shape index (κ3) is 2.06. The number of fused-ring (bicyclic) bond motifs is 1. The van der Waals surface area contributed by atoms with Gasteiger partial charge in [-0.15, -0.1) is 0 Å². The first kappa shape index (κ1) is 10.7. The number of benzene rings is 2. The Morgan fingerprint density at radius 1 is 0.941 bits per heavy atom. The fourth-order valence-electron chi connectivity index (χ4n) is 2.28. The van der Waals surface area contributed by atoms with Gasteiger partial charge >= 0.3 is 0 Å². The topological polar surface area (TPSA) is 0 Å². The molecule has 0 radical (unpaired) electrons. The van der Waals surface area contributed by atoms with Gasteiger partial charge in [0, 0.05) is 5.66 Å². The maximum atomic E-state index is 2.34. The normalized spacial score (nSPS) is 17.8. The molecular formula is C16H15P. The predicted octanol–water partition coefficient (Wildman–Crippen LogP) is 4.07. The summed E-state index contributed by atoms with van der Waals surface area (Å²) in [7, 11) is 0.837. The Morgan fingerprint density at radius 3 is 2.59 bits per heavy atom. The molecule has 0 heterocycles. The van der Waals surface area contributed by atoms with Crippen LogP contribution < -0.4 is 5.30 Å². The van der Waals surface area contributed by atoms with E-state index in [1.165, 1.54) is 22.0 Å². The molecule has 2 atom stereocenters. The third-order valence-electron chi connectivity index (χ3n) is 3.26. The maximum Gasteiger partial charge on any atom is 0.0243 e. The van der Waals surface area contributed by atoms with Crippen molar-refractivity contribution >= 4 is 20.0 Å². The van der Waals surface area contributed by atoms with Gasteiger partial charge in [-0.05, 0) is 28.9 Å². The number of aryl methyl sites for hydroxylation is 1. The zero-order valence-electron chi connectivity index (χ0n) is 9.85. The van der Waals surface area contributed by atoms with Crippen LogP contribution in [0.3, 0.4) is 0 Å². The van der Waals surface area contributed by atoms with Crippen LogP contribution in [0.2, 0.25) is 0 Å². The molecule has 0 saturated heterocycles. The van der Waals surface area contributed by atoms with E-state index < -0.39 is 0 Å². The first-order valence-electron chi connectivity index (χ1n) is 5.94. The van der Waals surface area contributed by atoms with E-state index in [0.717, 1.165) is 8.58 Å². The first-order valence-corrected chi connectivity index (χ1v) is 7.01. The van der Waals surface area contributed by atoms with Gasteiger partial charge in [-0.1, -0.05) is 69.3 Å². The molecule has 0 N–H and O–H groups in total. The summed E-state index contributed by atoms with van der Waals surface area (Å²) in [5.41, 5.74) is 4.85. The van der Waals surface area contributed by atoms with Crippen molar-refractivity contribution in [3.8, 4) is 0 Å². The molecule has 3 rings (SSSR count). The van der Waals surface area contributed by atoms with Crippen LogP contribution in [0.25, 0.3) is 6.08 Å². The van der Waals surface area contributed by atoms with Gasteiger partial charge in [-0.3, -0.25) is 0 Å². The molecule has 0 saturated carbocycles. The van der Waals surface area contributed by atoms with E-state index >= 15 is 0 Å². The minimum Gasteiger partial charge on any atom is -0.0784 e. The summed E-state index contributed by atoms with van der Waals surface area (Å²) < 4.78 is 0. The molecule has 0 aromatic heterocycles. The quantitative estimate of drug-likeness (QED) is 0.692. The minimum absolute atomic E-state index is 0.576. The van der Waals surface area contributed by atoms with Crippen molar-refractivity contribution in [2.45, 2.75) is 12.6 Å². The highest BCUT2D eigenvalue weighted by atomic mass is 31.1. The molecule has 0 amide bonds. The Morgan fingerprint density at radius 2 is 1.71 bits per heavy atom. The summed E-state index contributed by atoms with van der Waals surface area (Å²) >= 11 is 0. The highest BCUT2D eigenvalue weighted by Crippen LogP contribution is 2.42. The molecule has 2 aromatic rings. The summed E-state index contributed by atoms with van der Waals surface area (Å²) in [4.78, 5) is 0. The van der Waals surface area contributed by atoms with E-state index in [2.05, 4.69) is 67.6 Å². The Labute approximate surface area is 104 Å². The largest absolute Gasteiger partial charge is 0.0784 e. The lowest BCUT2D eigenvalue weighted by molar-refractivity contribution is 1.26. The van der Waals surface area contributed by atoms with Crippen molar-refractivity contribution in [3.05, 3.63) is 71.3 Å². The van der Waals surface area contributed by atoms with Gasteiger partial charge in [0.05, 0.1) is 0 Å². The molecule has 0 spiro atoms. The number of hydrogen-bond acceptors (Lipinski definition) is 0. The minimum atomic E-state index is 0.576. The molecular weight excluding hydrogens is 223 g/mol. The second kappa shape index (κ2) is 4.47. The lowest BCUT2D eigenvalue weighted by atomic mass is 10.1. The van der Waals surface area contributed by atoms with Gasteiger partial charge in [0.2, 0.25) is 0 Å². The van der Waals surface area contributed by atoms with Crippen molar-refractivity contribution in [1.29, 1.82) is 0 Å². The molecule has 2 unspecified atom stereocenters. The van der Waals surface area contributed by atoms with E-state index in [1.807, 2.05) is 0 Å². The summed E-state index contributed by atoms with van der Waals surface area (Å²) in [6, 6.07) is 17.4. The van der Waals surface area contributed by atoms with Crippen molar-refractivity contribution in [3.63, 3.8) is 0 Å². The molecule has 2 aromatic carbocycles. The number of rotatable bonds is 2. The fourth-order valence-corrected chi connectivity index (χ4v) is 3.73. The molecule has 1 aliphatic rings. The second-order valence-electron chi connectivity index (χ2n) is 4.42. The fraction of sp³-hybridized carbons (Fsp3) is 0.125. The van der Waals surface area contributed by atoms with Crippen LogP contribution in [0.5, 0.6) is 0 Å². The summed E-state index contributed by atoms with van der Waals surface area (Å²) in [5.74, 6) is 0. The maximum absolute atomic E-state index is 2.34. The van der Waals surface area contributed by atoms with Crippen LogP contribution in [-0.2, 0) is 0 Å². The van der Waals surface area contributed by atoms with Crippen molar-refractivity contribution in [1.82, 2.24) is 0 Å². The van der Waals surface area contributed by atoms with Gasteiger partial charge in [0.25, 0.3) is 0 Å². The zero-order chi connectivity index (χ0) is 11.7. The average molecular weight is 238 g/mol. The van der Waals surface area contributed by atoms with Crippen LogP contribution in [0, 0.1) is 6.92 Å². The van der Waals surface area contributed by atoms with Crippen molar-refractivity contribution < 1.29 is 0 Å². The number of allylic oxidation sites excluding steroid dienone is 1. The van der Waals surface area contributed by atoms with E-state index in [4.69, 9.17) is 0 Å². The highest BCUT2D eigenvalue weighted by molar-refractivity contribution is 7.48. The summed E-state index contributed by atoms with van der Waals surface area (Å²) in [6.45, 7) is 2.20. The van der Waals surface area contributed by atoms with Crippen LogP contribution in [-0.4, -0.2) is 0 Å². The van der Waals surface area contributed by atoms with Gasteiger partial charge in [0.1, 0.15) is 0 Å². The zero-order valence-corrected chi connectivity index (χ0v) is 10.9. The molecule has 1 aliphatic carbocycles. The van der Waals surface area contributed by atoms with Crippen molar-refractivity contribution in [2.24, 2.45) is 0 Å². The van der Waals surface area contributed by atoms with Crippen molar-refractivity contribution in [2.75, 3.05) is 0 Å². The monoisotopic (exact) mass is 238 g/mol. The SMILES string of the molecule is Cc1ccccc1PC1C=Cc2ccccc21. The summed E-state index contributed by atoms with van der Waals surface area (Å²) in [6.07, 6.45) is 4.60. The van der Waals surface area contributed by atoms with E-state index in [1.54, 1.807) is 0 Å². The molecule has 0 fully saturated rings.